The second kappa shape index (κ2) is 30.4. The van der Waals surface area contributed by atoms with E-state index in [0.29, 0.717) is 50.0 Å². The lowest BCUT2D eigenvalue weighted by molar-refractivity contribution is -1.13. The zero-order valence-electron chi connectivity index (χ0n) is 50.5. The number of carbonyl (C=O) groups is 10. The van der Waals surface area contributed by atoms with Crippen molar-refractivity contribution in [1.29, 1.82) is 0 Å². The van der Waals surface area contributed by atoms with Crippen molar-refractivity contribution >= 4 is 83.3 Å². The zero-order chi connectivity index (χ0) is 67.2. The summed E-state index contributed by atoms with van der Waals surface area (Å²) in [6.45, 7) is -0.875. The predicted octanol–water partition coefficient (Wildman–Crippen LogP) is -0.867. The standard InChI is InChI=1S/C58H80N10O22/c1-33-17-36-18-39-34(2)37(5-7-45(69)70)41(64-39)19-42-38(6-8-46(71)72)35(3)40(65-42)20-44-55(4,9-15-89-67(26-51(81)82,27-52(83)84)57(22-47(73)74,23-48(75)76)31-61-13-11-59)30-56(66-44,21-43(33)63-36)10-16-90-68(28-53(85)86,29-54(87)88)58(24-49(77)78,25-50(79)80)32-62-14-12-60/h17-21,44,61-62,66H,5-16,22-32,59-60H2,1-4H3,(H9-2,63,64,65,69,70,71,72,73,74,75,76,77,78,79,80,81,82,83,84,85,86,87,88)/p+2. The molecule has 18 N–H and O–H groups in total. The summed E-state index contributed by atoms with van der Waals surface area (Å²) in [4.78, 5) is 154. The van der Waals surface area contributed by atoms with E-state index < -0.39 is 175 Å². The van der Waals surface area contributed by atoms with Crippen molar-refractivity contribution in [2.75, 3.05) is 78.7 Å². The third kappa shape index (κ3) is 18.0. The Hall–Kier alpha value is -8.34. The highest BCUT2D eigenvalue weighted by Crippen LogP contribution is 2.48. The Bertz CT molecular complexity index is 3260. The average Bonchev–Trinajstić information content (AvgIpc) is 1.17. The summed E-state index contributed by atoms with van der Waals surface area (Å²) in [6.07, 6.45) is 1.07. The number of quaternary nitrogens is 2. The molecule has 0 radical (unpaired) electrons. The molecule has 3 unspecified atom stereocenters. The van der Waals surface area contributed by atoms with E-state index in [4.69, 9.17) is 31.1 Å². The molecule has 8 bridgehead atoms. The van der Waals surface area contributed by atoms with Gasteiger partial charge in [-0.25, -0.2) is 38.8 Å². The minimum Gasteiger partial charge on any atom is -0.481 e. The number of fused-ring (bicyclic) bond motifs is 6. The number of hydrogen-bond acceptors (Lipinski definition) is 19. The maximum Gasteiger partial charge on any atom is 0.362 e. The number of nitrogens with zero attached hydrogens (tertiary/aromatic N) is 4. The van der Waals surface area contributed by atoms with Crippen molar-refractivity contribution in [2.24, 2.45) is 26.9 Å². The van der Waals surface area contributed by atoms with Crippen molar-refractivity contribution in [3.05, 3.63) is 68.2 Å². The third-order valence-electron chi connectivity index (χ3n) is 16.9. The number of nitrogens with two attached hydrogens (primary N) is 2. The number of aromatic amines is 1. The lowest BCUT2D eigenvalue weighted by Crippen LogP contribution is -2.72. The first-order valence-electron chi connectivity index (χ1n) is 28.8. The number of carboxylic acid groups (broad SMARTS) is 10. The van der Waals surface area contributed by atoms with Gasteiger partial charge in [0, 0.05) is 61.3 Å². The van der Waals surface area contributed by atoms with Crippen LogP contribution in [0.3, 0.4) is 0 Å². The van der Waals surface area contributed by atoms with Crippen LogP contribution in [0, 0.1) is 12.3 Å². The molecule has 0 spiro atoms. The Labute approximate surface area is 515 Å². The number of aromatic nitrogens is 1. The Balaban J connectivity index is 1.89. The van der Waals surface area contributed by atoms with Crippen molar-refractivity contribution < 1.29 is 118 Å². The second-order valence-electron chi connectivity index (χ2n) is 23.6. The molecule has 494 valence electrons. The Kier molecular flexibility index (Phi) is 24.5. The van der Waals surface area contributed by atoms with Crippen LogP contribution in [0.15, 0.2) is 61.9 Å². The van der Waals surface area contributed by atoms with E-state index in [1.165, 1.54) is 0 Å². The monoisotopic (exact) mass is 1270 g/mol. The van der Waals surface area contributed by atoms with Crippen molar-refractivity contribution in [3.8, 4) is 0 Å². The molecule has 0 amide bonds. The fraction of sp³-hybridized carbons (Fsp3) is 0.552. The van der Waals surface area contributed by atoms with E-state index in [9.17, 15) is 99.0 Å². The van der Waals surface area contributed by atoms with E-state index in [-0.39, 0.29) is 82.5 Å². The van der Waals surface area contributed by atoms with Gasteiger partial charge in [-0.3, -0.25) is 28.8 Å². The first kappa shape index (κ1) is 72.4. The van der Waals surface area contributed by atoms with Gasteiger partial charge in [-0.2, -0.15) is 9.29 Å². The first-order chi connectivity index (χ1) is 42.1. The summed E-state index contributed by atoms with van der Waals surface area (Å²) in [6, 6.07) is 0.780. The quantitative estimate of drug-likeness (QED) is 0.0216. The number of aliphatic carboxylic acids is 10. The molecule has 4 aliphatic heterocycles. The molecule has 5 rings (SSSR count). The Morgan fingerprint density at radius 2 is 1.04 bits per heavy atom. The summed E-state index contributed by atoms with van der Waals surface area (Å²) >= 11 is 0. The van der Waals surface area contributed by atoms with Gasteiger partial charge in [0.2, 0.25) is 26.2 Å². The predicted molar refractivity (Wildman–Crippen MR) is 316 cm³/mol. The van der Waals surface area contributed by atoms with E-state index in [0.717, 1.165) is 0 Å². The summed E-state index contributed by atoms with van der Waals surface area (Å²) in [5.41, 5.74) is 8.09. The first-order valence-corrected chi connectivity index (χ1v) is 28.8. The molecule has 0 saturated carbocycles. The molecule has 32 nitrogen and oxygen atoms in total. The van der Waals surface area contributed by atoms with Crippen LogP contribution < -0.4 is 38.1 Å². The minimum absolute atomic E-state index is 0.0461. The smallest absolute Gasteiger partial charge is 0.362 e. The van der Waals surface area contributed by atoms with Crippen LogP contribution in [-0.4, -0.2) is 238 Å². The van der Waals surface area contributed by atoms with Gasteiger partial charge in [0.1, 0.15) is 38.9 Å². The fourth-order valence-corrected chi connectivity index (χ4v) is 12.8. The number of hydroxylamine groups is 6. The molecule has 4 aliphatic rings. The number of aryl methyl sites for hydroxylation is 1. The molecule has 1 saturated heterocycles. The summed E-state index contributed by atoms with van der Waals surface area (Å²) in [5, 5.41) is 114. The summed E-state index contributed by atoms with van der Waals surface area (Å²) in [7, 11) is 0. The Morgan fingerprint density at radius 1 is 0.600 bits per heavy atom. The fourth-order valence-electron chi connectivity index (χ4n) is 12.8. The lowest BCUT2D eigenvalue weighted by atomic mass is 9.74. The van der Waals surface area contributed by atoms with Gasteiger partial charge in [-0.15, -0.1) is 0 Å². The van der Waals surface area contributed by atoms with Crippen LogP contribution in [0.4, 0.5) is 0 Å². The highest BCUT2D eigenvalue weighted by molar-refractivity contribution is 6.24. The molecule has 32 heteroatoms. The number of nitrogens with one attached hydrogen (secondary N) is 4. The van der Waals surface area contributed by atoms with Crippen LogP contribution in [0.5, 0.6) is 0 Å². The molecule has 0 aromatic carbocycles. The average molecular weight is 1270 g/mol. The van der Waals surface area contributed by atoms with Crippen molar-refractivity contribution in [1.82, 2.24) is 20.9 Å². The van der Waals surface area contributed by atoms with Crippen LogP contribution in [0.2, 0.25) is 0 Å². The number of rotatable bonds is 40. The lowest BCUT2D eigenvalue weighted by Gasteiger charge is -2.48. The maximum atomic E-state index is 13.0. The molecular formula is C58H82N10O22+2. The molecule has 1 aromatic heterocycles. The molecular weight excluding hydrogens is 1190 g/mol. The number of carboxylic acids is 10. The normalized spacial score (nSPS) is 19.3. The molecule has 3 atom stereocenters. The van der Waals surface area contributed by atoms with Gasteiger partial charge < -0.3 is 83.5 Å². The molecule has 1 fully saturated rings. The van der Waals surface area contributed by atoms with E-state index in [1.807, 2.05) is 0 Å². The number of allylic oxidation sites excluding steroid dienone is 5. The highest BCUT2D eigenvalue weighted by Gasteiger charge is 2.61. The highest BCUT2D eigenvalue weighted by atomic mass is 16.7. The van der Waals surface area contributed by atoms with Gasteiger partial charge in [0.15, 0.2) is 11.1 Å². The van der Waals surface area contributed by atoms with Gasteiger partial charge in [-0.05, 0) is 117 Å². The molecule has 1 aromatic rings. The van der Waals surface area contributed by atoms with Crippen LogP contribution in [0.1, 0.15) is 97.0 Å². The number of aliphatic imine (C=N–C) groups is 2. The zero-order valence-corrected chi connectivity index (χ0v) is 50.5. The minimum atomic E-state index is -2.36. The van der Waals surface area contributed by atoms with Gasteiger partial charge in [0.05, 0.1) is 35.9 Å². The maximum absolute atomic E-state index is 13.0. The summed E-state index contributed by atoms with van der Waals surface area (Å²) in [5.74, 6) is -15.5. The largest absolute Gasteiger partial charge is 0.481 e. The van der Waals surface area contributed by atoms with E-state index in [1.54, 1.807) is 58.1 Å². The van der Waals surface area contributed by atoms with Crippen molar-refractivity contribution in [2.45, 2.75) is 121 Å². The van der Waals surface area contributed by atoms with E-state index in [2.05, 4.69) is 20.9 Å². The van der Waals surface area contributed by atoms with Crippen LogP contribution >= 0.6 is 0 Å². The number of hydrogen-bond donors (Lipinski definition) is 16. The SMILES string of the molecule is CC1=C(CCC(=O)O)C2=CC3=NC(=CC4NC(CCO[N+](CC(=O)O)(CC(=O)O)C(CNCCN)(CC(=O)O)CC(=O)O)(C=c5[nH]c(cc5C)=CC1=N2)CC4(C)CCO[N+](CC(=O)O)(CC(=O)O)C(CNCCN)(CC(=O)O)CC(=O)O)C(C)=C3CCC(=O)O. The molecule has 90 heavy (non-hydrogen) atoms. The van der Waals surface area contributed by atoms with Gasteiger partial charge >= 0.3 is 59.7 Å². The molecule has 5 heterocycles. The molecule has 0 aliphatic carbocycles. The van der Waals surface area contributed by atoms with Gasteiger partial charge in [-0.1, -0.05) is 6.92 Å². The Morgan fingerprint density at radius 3 is 1.48 bits per heavy atom. The van der Waals surface area contributed by atoms with Gasteiger partial charge in [0.25, 0.3) is 0 Å². The van der Waals surface area contributed by atoms with Crippen LogP contribution in [0.25, 0.3) is 12.2 Å². The third-order valence-corrected chi connectivity index (χ3v) is 16.9. The number of H-pyrrole nitrogens is 1. The summed E-state index contributed by atoms with van der Waals surface area (Å²) < 4.78 is -3.18. The van der Waals surface area contributed by atoms with Crippen LogP contribution in [-0.2, 0) is 57.6 Å². The second-order valence-corrected chi connectivity index (χ2v) is 23.6. The van der Waals surface area contributed by atoms with Crippen molar-refractivity contribution in [3.63, 3.8) is 0 Å². The topological polar surface area (TPSA) is 520 Å². The van der Waals surface area contributed by atoms with E-state index >= 15 is 0 Å².